The van der Waals surface area contributed by atoms with Crippen LogP contribution in [-0.4, -0.2) is 78.1 Å². The minimum absolute atomic E-state index is 0.0195. The zero-order chi connectivity index (χ0) is 33.5. The van der Waals surface area contributed by atoms with E-state index in [0.717, 1.165) is 25.8 Å². The average Bonchev–Trinajstić information content (AvgIpc) is 3.34. The van der Waals surface area contributed by atoms with Crippen molar-refractivity contribution in [3.63, 3.8) is 0 Å². The third-order valence-electron chi connectivity index (χ3n) is 7.80. The van der Waals surface area contributed by atoms with Crippen molar-refractivity contribution in [2.24, 2.45) is 5.92 Å². The minimum atomic E-state index is -5.19. The molecule has 5 atom stereocenters. The van der Waals surface area contributed by atoms with E-state index >= 15 is 0 Å². The predicted octanol–water partition coefficient (Wildman–Crippen LogP) is 1.16. The Hall–Kier alpha value is -2.78. The highest BCUT2D eigenvalue weighted by Crippen LogP contribution is 2.35. The van der Waals surface area contributed by atoms with E-state index < -0.39 is 24.3 Å². The Balaban J connectivity index is 0.000000574. The number of alkyl halides is 6. The lowest BCUT2D eigenvalue weighted by Crippen LogP contribution is -2.66. The molecule has 44 heavy (non-hydrogen) atoms. The Bertz CT molecular complexity index is 923. The van der Waals surface area contributed by atoms with E-state index in [1.807, 2.05) is 0 Å². The molecular formula is C28H46F6N4O6. The Morgan fingerprint density at radius 2 is 1.43 bits per heavy atom. The predicted molar refractivity (Wildman–Crippen MR) is 142 cm³/mol. The normalized spacial score (nSPS) is 24.0. The molecule has 1 saturated heterocycles. The highest BCUT2D eigenvalue weighted by Gasteiger charge is 2.52. The number of guanidine groups is 1. The molecule has 0 bridgehead atoms. The highest BCUT2D eigenvalue weighted by molar-refractivity contribution is 5.81. The number of quaternary nitrogens is 1. The molecule has 1 fully saturated rings. The summed E-state index contributed by atoms with van der Waals surface area (Å²) in [6.07, 6.45) is 5.89. The lowest BCUT2D eigenvalue weighted by atomic mass is 9.89. The first-order chi connectivity index (χ1) is 20.5. The summed E-state index contributed by atoms with van der Waals surface area (Å²) in [5.74, 6) is -4.93. The lowest BCUT2D eigenvalue weighted by molar-refractivity contribution is -0.598. The number of halogens is 6. The lowest BCUT2D eigenvalue weighted by Gasteiger charge is -2.38. The zero-order valence-corrected chi connectivity index (χ0v) is 25.4. The van der Waals surface area contributed by atoms with Gasteiger partial charge in [-0.25, -0.2) is 0 Å². The van der Waals surface area contributed by atoms with E-state index in [-0.39, 0.29) is 24.0 Å². The van der Waals surface area contributed by atoms with Gasteiger partial charge in [-0.15, -0.1) is 0 Å². The van der Waals surface area contributed by atoms with Crippen LogP contribution >= 0.6 is 0 Å². The van der Waals surface area contributed by atoms with Gasteiger partial charge in [0.2, 0.25) is 0 Å². The number of carboxylic acid groups (broad SMARTS) is 2. The zero-order valence-electron chi connectivity index (χ0n) is 25.4. The van der Waals surface area contributed by atoms with Crippen LogP contribution in [0.2, 0.25) is 0 Å². The van der Waals surface area contributed by atoms with Gasteiger partial charge in [0.05, 0.1) is 37.3 Å². The van der Waals surface area contributed by atoms with Gasteiger partial charge in [0.1, 0.15) is 17.9 Å². The first-order valence-corrected chi connectivity index (χ1v) is 15.2. The van der Waals surface area contributed by atoms with Gasteiger partial charge in [-0.1, -0.05) is 51.9 Å². The molecule has 16 heteroatoms. The number of hydrogen-bond donors (Lipinski definition) is 3. The number of carbonyl (C=O) groups excluding carboxylic acids is 3. The van der Waals surface area contributed by atoms with Crippen LogP contribution in [0.4, 0.5) is 26.3 Å². The van der Waals surface area contributed by atoms with Gasteiger partial charge in [0.25, 0.3) is 0 Å². The largest absolute Gasteiger partial charge is 0.542 e. The monoisotopic (exact) mass is 648 g/mol. The quantitative estimate of drug-likeness (QED) is 0.116. The first-order valence-electron chi connectivity index (χ1n) is 15.2. The molecule has 5 N–H and O–H groups in total. The second-order valence-electron chi connectivity index (χ2n) is 11.3. The molecule has 0 aliphatic carbocycles. The van der Waals surface area contributed by atoms with Crippen molar-refractivity contribution < 1.29 is 66.0 Å². The van der Waals surface area contributed by atoms with E-state index in [0.29, 0.717) is 18.7 Å². The minimum Gasteiger partial charge on any atom is -0.542 e. The number of carbonyl (C=O) groups is 3. The molecule has 10 nitrogen and oxygen atoms in total. The van der Waals surface area contributed by atoms with Crippen molar-refractivity contribution in [3.05, 3.63) is 0 Å². The van der Waals surface area contributed by atoms with Gasteiger partial charge in [-0.05, 0) is 39.0 Å². The summed E-state index contributed by atoms with van der Waals surface area (Å²) in [7, 11) is 0. The van der Waals surface area contributed by atoms with Crippen molar-refractivity contribution in [2.75, 3.05) is 13.2 Å². The molecule has 3 aliphatic heterocycles. The van der Waals surface area contributed by atoms with Gasteiger partial charge in [-0.2, -0.15) is 26.3 Å². The van der Waals surface area contributed by atoms with Crippen molar-refractivity contribution in [2.45, 2.75) is 134 Å². The van der Waals surface area contributed by atoms with Gasteiger partial charge < -0.3 is 30.3 Å². The molecule has 0 aromatic rings. The first kappa shape index (κ1) is 39.2. The Labute approximate surface area is 253 Å². The van der Waals surface area contributed by atoms with Crippen LogP contribution in [0.5, 0.6) is 0 Å². The Morgan fingerprint density at radius 1 is 0.886 bits per heavy atom. The summed E-state index contributed by atoms with van der Waals surface area (Å²) in [6, 6.07) is 1.54. The number of nitrogens with one attached hydrogen (secondary N) is 2. The number of carboxylic acids is 2. The smallest absolute Gasteiger partial charge is 0.430 e. The topological polar surface area (TPSA) is 161 Å². The molecule has 0 spiro atoms. The third kappa shape index (κ3) is 13.5. The van der Waals surface area contributed by atoms with E-state index in [4.69, 9.17) is 24.5 Å². The Kier molecular flexibility index (Phi) is 16.9. The molecule has 0 unspecified atom stereocenters. The van der Waals surface area contributed by atoms with Crippen LogP contribution in [0.1, 0.15) is 97.3 Å². The van der Waals surface area contributed by atoms with Crippen LogP contribution in [-0.2, 0) is 19.1 Å². The number of rotatable bonds is 13. The van der Waals surface area contributed by atoms with Crippen LogP contribution in [0.3, 0.4) is 0 Å². The summed E-state index contributed by atoms with van der Waals surface area (Å²) in [6.45, 7) is 5.85. The van der Waals surface area contributed by atoms with Crippen molar-refractivity contribution in [1.82, 2.24) is 10.6 Å². The molecule has 3 aliphatic rings. The van der Waals surface area contributed by atoms with Crippen molar-refractivity contribution in [1.29, 1.82) is 0 Å². The molecule has 3 rings (SSSR count). The fourth-order valence-electron chi connectivity index (χ4n) is 5.70. The molecule has 3 heterocycles. The van der Waals surface area contributed by atoms with E-state index in [1.54, 1.807) is 0 Å². The van der Waals surface area contributed by atoms with Gasteiger partial charge in [0.15, 0.2) is 0 Å². The van der Waals surface area contributed by atoms with E-state index in [2.05, 4.69) is 34.8 Å². The molecule has 0 amide bonds. The van der Waals surface area contributed by atoms with E-state index in [9.17, 15) is 31.1 Å². The number of aliphatic carboxylic acids is 2. The maximum Gasteiger partial charge on any atom is 0.430 e. The third-order valence-corrected chi connectivity index (χ3v) is 7.80. The molecule has 256 valence electrons. The molecule has 0 saturated carbocycles. The maximum atomic E-state index is 12.8. The summed E-state index contributed by atoms with van der Waals surface area (Å²) in [4.78, 5) is 30.4. The molecule has 0 radical (unpaired) electrons. The molecule has 0 aromatic carbocycles. The van der Waals surface area contributed by atoms with Crippen LogP contribution in [0.25, 0.3) is 0 Å². The number of ether oxygens (including phenoxy) is 1. The van der Waals surface area contributed by atoms with E-state index in [1.165, 1.54) is 70.2 Å². The SMILES string of the molecule is CCCCCCCCC[C@@H]1C[C@@H]2CC[C@H]3[C@@H](C(=O)OCCCC[NH3+])[C@@H](C)NC(=[N+]23)N1.O=C([O-])C(F)(F)F.O=C([O-])C(F)(F)F. The van der Waals surface area contributed by atoms with Crippen molar-refractivity contribution in [3.8, 4) is 0 Å². The number of nitrogens with zero attached hydrogens (tertiary/aromatic N) is 1. The second-order valence-corrected chi connectivity index (χ2v) is 11.3. The van der Waals surface area contributed by atoms with Crippen molar-refractivity contribution >= 4 is 23.9 Å². The molecule has 0 aromatic heterocycles. The highest BCUT2D eigenvalue weighted by atomic mass is 19.4. The number of hydrogen-bond acceptors (Lipinski definition) is 8. The van der Waals surface area contributed by atoms with Crippen LogP contribution in [0, 0.1) is 5.92 Å². The van der Waals surface area contributed by atoms with Gasteiger partial charge in [0, 0.05) is 6.42 Å². The number of unbranched alkanes of at least 4 members (excludes halogenated alkanes) is 7. The summed E-state index contributed by atoms with van der Waals surface area (Å²) < 4.78 is 71.2. The fraction of sp³-hybridized carbons (Fsp3) is 0.857. The number of esters is 1. The standard InChI is InChI=1S/C24H44N4O2.2C2HF3O2/c1-3-4-5-6-7-8-9-12-19-17-20-13-14-21-22(23(29)30-16-11-10-15-25)18(2)26-24(27-19)28(20)21;2*3-2(4,5)1(6)7/h18-22H,3-17,25H2,1-2H3,(H,26,27);2*(H,6,7)/t18-,19-,20+,21+,22+;;/m1../s1. The fourth-order valence-corrected chi connectivity index (χ4v) is 5.70. The second kappa shape index (κ2) is 18.9. The molecular weight excluding hydrogens is 602 g/mol. The summed E-state index contributed by atoms with van der Waals surface area (Å²) in [5.41, 5.74) is 3.86. The average molecular weight is 649 g/mol. The maximum absolute atomic E-state index is 12.8. The summed E-state index contributed by atoms with van der Waals surface area (Å²) >= 11 is 0. The van der Waals surface area contributed by atoms with Crippen LogP contribution in [0.15, 0.2) is 0 Å². The van der Waals surface area contributed by atoms with Gasteiger partial charge in [-0.3, -0.25) is 20.0 Å². The summed E-state index contributed by atoms with van der Waals surface area (Å²) in [5, 5.41) is 25.0. The van der Waals surface area contributed by atoms with Gasteiger partial charge >= 0.3 is 24.3 Å². The van der Waals surface area contributed by atoms with Crippen LogP contribution < -0.4 is 26.6 Å². The Morgan fingerprint density at radius 3 is 1.95 bits per heavy atom.